The number of benzene rings is 5. The van der Waals surface area contributed by atoms with Gasteiger partial charge in [-0.15, -0.1) is 11.5 Å². The molecule has 9 nitrogen and oxygen atoms in total. The van der Waals surface area contributed by atoms with Gasteiger partial charge in [0.2, 0.25) is 5.91 Å². The van der Waals surface area contributed by atoms with E-state index in [1.165, 1.54) is 48.9 Å². The number of H-pyrrole nitrogens is 1. The zero-order valence-electron chi connectivity index (χ0n) is 37.6. The molecule has 7 aromatic rings. The van der Waals surface area contributed by atoms with Crippen molar-refractivity contribution in [1.29, 1.82) is 0 Å². The van der Waals surface area contributed by atoms with Gasteiger partial charge in [0.1, 0.15) is 42.9 Å². The van der Waals surface area contributed by atoms with Crippen LogP contribution in [0.2, 0.25) is 0 Å². The van der Waals surface area contributed by atoms with E-state index in [1.807, 2.05) is 81.4 Å². The molecule has 0 fully saturated rings. The van der Waals surface area contributed by atoms with E-state index in [2.05, 4.69) is 119 Å². The second-order valence-corrected chi connectivity index (χ2v) is 20.5. The van der Waals surface area contributed by atoms with Gasteiger partial charge in [-0.1, -0.05) is 132 Å². The summed E-state index contributed by atoms with van der Waals surface area (Å²) in [5, 5.41) is 29.7. The third-order valence-corrected chi connectivity index (χ3v) is 14.3. The maximum Gasteiger partial charge on any atom is 2.00 e. The Balaban J connectivity index is 0.000000265. The van der Waals surface area contributed by atoms with E-state index in [0.717, 1.165) is 33.8 Å². The number of hydrogen-bond donors (Lipinski definition) is 2. The number of carbonyl (C=O) groups is 3. The fourth-order valence-electron chi connectivity index (χ4n) is 6.22. The van der Waals surface area contributed by atoms with Crippen molar-refractivity contribution >= 4 is 82.0 Å². The third-order valence-electron chi connectivity index (χ3n) is 9.01. The average Bonchev–Trinajstić information content (AvgIpc) is 3.25. The molecule has 0 spiro atoms. The van der Waals surface area contributed by atoms with E-state index >= 15 is 0 Å². The fraction of sp³-hybridized carbons (Fsp3) is 0.151. The van der Waals surface area contributed by atoms with Gasteiger partial charge in [0.15, 0.2) is 22.4 Å². The Kier molecular flexibility index (Phi) is 21.7. The van der Waals surface area contributed by atoms with E-state index in [1.54, 1.807) is 0 Å². The predicted octanol–water partition coefficient (Wildman–Crippen LogP) is 6.25. The second-order valence-electron chi connectivity index (χ2n) is 15.7. The SMILES string of the molecule is CC(=O)/C=C(/C)[O-].CC(=O)/C=C(/C)[O-].CC(C)(C)C(=O)Nc1cccc([PH+](c2ccccc2)c2ccccc2)n1.O=c1[nH]c([PH+](c2ccccc2)c2ccccc2)cc2ccccc12.[Ru+2]. The minimum absolute atomic E-state index is 0. The minimum Gasteiger partial charge on any atom is -0.876 e. The molecule has 5 aromatic carbocycles. The summed E-state index contributed by atoms with van der Waals surface area (Å²) in [5.41, 5.74) is 1.56. The summed E-state index contributed by atoms with van der Waals surface area (Å²) >= 11 is 0. The van der Waals surface area contributed by atoms with Crippen LogP contribution < -0.4 is 53.2 Å². The van der Waals surface area contributed by atoms with Crippen molar-refractivity contribution < 1.29 is 44.1 Å². The van der Waals surface area contributed by atoms with Crippen molar-refractivity contribution in [3.05, 3.63) is 204 Å². The smallest absolute Gasteiger partial charge is 0.876 e. The number of aromatic nitrogens is 2. The molecule has 0 saturated carbocycles. The summed E-state index contributed by atoms with van der Waals surface area (Å²) in [5.74, 6) is -0.174. The number of pyridine rings is 2. The molecular weight excluding hydrogens is 938 g/mol. The van der Waals surface area contributed by atoms with Crippen LogP contribution in [0.1, 0.15) is 48.5 Å². The van der Waals surface area contributed by atoms with Crippen LogP contribution in [0.4, 0.5) is 5.82 Å². The van der Waals surface area contributed by atoms with E-state index in [9.17, 15) is 29.4 Å². The van der Waals surface area contributed by atoms with Gasteiger partial charge in [-0.25, -0.2) is 0 Å². The molecule has 7 rings (SSSR count). The van der Waals surface area contributed by atoms with Crippen LogP contribution in [-0.2, 0) is 33.9 Å². The molecule has 65 heavy (non-hydrogen) atoms. The van der Waals surface area contributed by atoms with Crippen molar-refractivity contribution in [3.8, 4) is 0 Å². The Bertz CT molecular complexity index is 2610. The second kappa shape index (κ2) is 26.6. The molecule has 0 saturated heterocycles. The van der Waals surface area contributed by atoms with Crippen molar-refractivity contribution in [1.82, 2.24) is 9.97 Å². The molecule has 0 radical (unpaired) electrons. The molecule has 2 aromatic heterocycles. The summed E-state index contributed by atoms with van der Waals surface area (Å²) in [6.07, 6.45) is 2.11. The first-order chi connectivity index (χ1) is 30.5. The average molecular weight is 993 g/mol. The quantitative estimate of drug-likeness (QED) is 0.0750. The van der Waals surface area contributed by atoms with Crippen molar-refractivity contribution in [2.75, 3.05) is 5.32 Å². The predicted molar refractivity (Wildman–Crippen MR) is 266 cm³/mol. The largest absolute Gasteiger partial charge is 2.00 e. The minimum atomic E-state index is -1.25. The number of amides is 1. The van der Waals surface area contributed by atoms with Gasteiger partial charge < -0.3 is 15.5 Å². The molecule has 0 aliphatic rings. The van der Waals surface area contributed by atoms with Crippen LogP contribution in [-0.4, -0.2) is 27.4 Å². The number of ketones is 2. The van der Waals surface area contributed by atoms with E-state index in [0.29, 0.717) is 5.82 Å². The van der Waals surface area contributed by atoms with Gasteiger partial charge in [-0.2, -0.15) is 4.98 Å². The Morgan fingerprint density at radius 2 is 0.969 bits per heavy atom. The first-order valence-corrected chi connectivity index (χ1v) is 23.6. The fourth-order valence-corrected chi connectivity index (χ4v) is 11.2. The summed E-state index contributed by atoms with van der Waals surface area (Å²) in [7, 11) is -2.48. The molecular formula is C53H55N3O6P2Ru+2. The molecule has 0 aliphatic carbocycles. The zero-order valence-corrected chi connectivity index (χ0v) is 41.3. The van der Waals surface area contributed by atoms with Crippen molar-refractivity contribution in [3.63, 3.8) is 0 Å². The van der Waals surface area contributed by atoms with Gasteiger partial charge in [0.05, 0.1) is 0 Å². The van der Waals surface area contributed by atoms with Crippen LogP contribution in [0, 0.1) is 5.41 Å². The van der Waals surface area contributed by atoms with E-state index < -0.39 is 21.3 Å². The number of allylic oxidation sites excluding steroid dienone is 4. The Morgan fingerprint density at radius 3 is 1.35 bits per heavy atom. The number of aromatic amines is 1. The summed E-state index contributed by atoms with van der Waals surface area (Å²) in [4.78, 5) is 52.7. The first kappa shape index (κ1) is 53.2. The van der Waals surface area contributed by atoms with Crippen molar-refractivity contribution in [2.45, 2.75) is 48.5 Å². The molecule has 0 aliphatic heterocycles. The van der Waals surface area contributed by atoms with Crippen molar-refractivity contribution in [2.24, 2.45) is 5.41 Å². The number of anilines is 1. The number of nitrogens with one attached hydrogen (secondary N) is 2. The van der Waals surface area contributed by atoms with Crippen LogP contribution in [0.25, 0.3) is 10.8 Å². The van der Waals surface area contributed by atoms with Crippen LogP contribution in [0.15, 0.2) is 198 Å². The van der Waals surface area contributed by atoms with Gasteiger partial charge in [0, 0.05) is 22.9 Å². The number of hydrogen-bond acceptors (Lipinski definition) is 7. The van der Waals surface area contributed by atoms with Gasteiger partial charge in [-0.05, 0) is 92.0 Å². The Hall–Kier alpha value is -6.17. The van der Waals surface area contributed by atoms with Gasteiger partial charge >= 0.3 is 19.5 Å². The maximum absolute atomic E-state index is 12.5. The maximum atomic E-state index is 12.5. The standard InChI is InChI=1S/C22H23N2OP.C21H16NOP.2C5H8O2.Ru/c1-22(2,3)21(25)24-19-15-10-16-20(23-19)26(17-11-6-4-7-12-17)18-13-8-5-9-14-18;23-21-19-14-8-7-9-16(19)15-20(22-21)24(17-10-3-1-4-11-17)18-12-5-2-6-13-18;2*1-4(6)3-5(2)7;/h4-16H,1-3H3,(H,23,24,25);1-15H,(H,22,23);2*3,6H,1-2H3;/q;;;;+2/b;;2*4-3-;. The van der Waals surface area contributed by atoms with Crippen LogP contribution >= 0.6 is 15.8 Å². The number of fused-ring (bicyclic) bond motifs is 1. The van der Waals surface area contributed by atoms with E-state index in [-0.39, 0.29) is 54.0 Å². The first-order valence-electron chi connectivity index (χ1n) is 20.6. The summed E-state index contributed by atoms with van der Waals surface area (Å²) in [6.45, 7) is 11.1. The number of carbonyl (C=O) groups excluding carboxylic acids is 3. The van der Waals surface area contributed by atoms with Crippen LogP contribution in [0.5, 0.6) is 0 Å². The van der Waals surface area contributed by atoms with Gasteiger partial charge in [0.25, 0.3) is 5.56 Å². The topological polar surface area (TPSA) is 155 Å². The monoisotopic (exact) mass is 993 g/mol. The molecule has 12 heteroatoms. The molecule has 0 bridgehead atoms. The molecule has 0 unspecified atom stereocenters. The Morgan fingerprint density at radius 1 is 0.569 bits per heavy atom. The molecule has 2 N–H and O–H groups in total. The third kappa shape index (κ3) is 17.7. The molecule has 2 heterocycles. The Labute approximate surface area is 397 Å². The van der Waals surface area contributed by atoms with Gasteiger partial charge in [-0.3, -0.25) is 24.2 Å². The number of nitrogens with zero attached hydrogens (tertiary/aromatic N) is 1. The number of rotatable bonds is 9. The summed E-state index contributed by atoms with van der Waals surface area (Å²) in [6, 6.07) is 57.6. The zero-order chi connectivity index (χ0) is 46.6. The normalized spacial score (nSPS) is 11.1. The molecule has 0 atom stereocenters. The van der Waals surface area contributed by atoms with Crippen LogP contribution in [0.3, 0.4) is 0 Å². The molecule has 1 amide bonds. The summed E-state index contributed by atoms with van der Waals surface area (Å²) < 4.78 is 0. The van der Waals surface area contributed by atoms with E-state index in [4.69, 9.17) is 4.98 Å². The molecule has 334 valence electrons.